The smallest absolute Gasteiger partial charge is 0.359 e. The molecule has 0 aliphatic carbocycles. The number of nitrogens with zero attached hydrogens (tertiary/aromatic N) is 3. The Labute approximate surface area is 171 Å². The molecule has 3 heterocycles. The number of anilines is 2. The minimum absolute atomic E-state index is 0.143. The van der Waals surface area contributed by atoms with Crippen molar-refractivity contribution >= 4 is 29.1 Å². The maximum atomic E-state index is 12.9. The van der Waals surface area contributed by atoms with E-state index in [1.165, 1.54) is 0 Å². The van der Waals surface area contributed by atoms with Crippen LogP contribution in [0, 0.1) is 0 Å². The Hall–Kier alpha value is -2.29. The molecule has 10 heteroatoms. The van der Waals surface area contributed by atoms with Gasteiger partial charge in [0.05, 0.1) is 10.6 Å². The number of halogens is 4. The molecule has 0 spiro atoms. The Balaban J connectivity index is 1.81. The number of amides is 1. The highest BCUT2D eigenvalue weighted by Gasteiger charge is 2.35. The monoisotopic (exact) mass is 430 g/mol. The Morgan fingerprint density at radius 1 is 1.28 bits per heavy atom. The van der Waals surface area contributed by atoms with Crippen LogP contribution in [0.3, 0.4) is 0 Å². The van der Waals surface area contributed by atoms with Crippen LogP contribution >= 0.6 is 11.6 Å². The maximum absolute atomic E-state index is 12.9. The fraction of sp³-hybridized carbons (Fsp3) is 0.526. The van der Waals surface area contributed by atoms with Crippen LogP contribution in [0.15, 0.2) is 22.9 Å². The van der Waals surface area contributed by atoms with Gasteiger partial charge in [-0.05, 0) is 25.3 Å². The molecule has 0 radical (unpaired) electrons. The Morgan fingerprint density at radius 3 is 2.59 bits per heavy atom. The third-order valence-corrected chi connectivity index (χ3v) is 5.01. The van der Waals surface area contributed by atoms with E-state index < -0.39 is 17.8 Å². The molecule has 0 aromatic carbocycles. The predicted molar refractivity (Wildman–Crippen MR) is 103 cm³/mol. The molecule has 2 aromatic heterocycles. The summed E-state index contributed by atoms with van der Waals surface area (Å²) in [6, 6.07) is 1.87. The van der Waals surface area contributed by atoms with Gasteiger partial charge in [-0.15, -0.1) is 0 Å². The van der Waals surface area contributed by atoms with Crippen LogP contribution in [-0.4, -0.2) is 28.6 Å². The lowest BCUT2D eigenvalue weighted by atomic mass is 9.93. The fourth-order valence-corrected chi connectivity index (χ4v) is 3.43. The van der Waals surface area contributed by atoms with Crippen molar-refractivity contribution in [3.8, 4) is 0 Å². The molecule has 3 rings (SSSR count). The van der Waals surface area contributed by atoms with Gasteiger partial charge >= 0.3 is 6.18 Å². The van der Waals surface area contributed by atoms with Gasteiger partial charge in [-0.3, -0.25) is 4.79 Å². The summed E-state index contributed by atoms with van der Waals surface area (Å²) in [4.78, 5) is 18.4. The van der Waals surface area contributed by atoms with Gasteiger partial charge in [0.15, 0.2) is 5.82 Å². The second kappa shape index (κ2) is 7.85. The zero-order chi connectivity index (χ0) is 21.4. The third kappa shape index (κ3) is 4.83. The van der Waals surface area contributed by atoms with Gasteiger partial charge < -0.3 is 14.7 Å². The number of hydrogen-bond acceptors (Lipinski definition) is 5. The van der Waals surface area contributed by atoms with Crippen molar-refractivity contribution in [3.05, 3.63) is 34.7 Å². The third-order valence-electron chi connectivity index (χ3n) is 4.73. The normalized spacial score (nSPS) is 18.0. The van der Waals surface area contributed by atoms with Crippen molar-refractivity contribution in [1.29, 1.82) is 0 Å². The Morgan fingerprint density at radius 2 is 2.00 bits per heavy atom. The number of piperidine rings is 1. The van der Waals surface area contributed by atoms with E-state index in [9.17, 15) is 18.0 Å². The summed E-state index contributed by atoms with van der Waals surface area (Å²) in [5.41, 5.74) is -1.19. The van der Waals surface area contributed by atoms with Crippen LogP contribution in [0.25, 0.3) is 0 Å². The topological polar surface area (TPSA) is 71.3 Å². The number of carbonyl (C=O) groups excluding carboxylic acids is 1. The number of pyridine rings is 1. The zero-order valence-electron chi connectivity index (χ0n) is 16.3. The number of alkyl halides is 3. The van der Waals surface area contributed by atoms with Crippen LogP contribution in [0.2, 0.25) is 5.02 Å². The van der Waals surface area contributed by atoms with Gasteiger partial charge in [-0.25, -0.2) is 4.98 Å². The van der Waals surface area contributed by atoms with Crippen molar-refractivity contribution in [2.24, 2.45) is 0 Å². The average molecular weight is 431 g/mol. The molecular formula is C19H22ClF3N4O2. The quantitative estimate of drug-likeness (QED) is 0.738. The molecule has 0 saturated carbocycles. The van der Waals surface area contributed by atoms with Crippen LogP contribution in [-0.2, 0) is 16.4 Å². The van der Waals surface area contributed by atoms with Crippen LogP contribution in [0.5, 0.6) is 0 Å². The van der Waals surface area contributed by atoms with Crippen LogP contribution in [0.4, 0.5) is 24.8 Å². The average Bonchev–Trinajstić information content (AvgIpc) is 3.10. The molecule has 1 fully saturated rings. The van der Waals surface area contributed by atoms with Gasteiger partial charge in [0.1, 0.15) is 17.6 Å². The lowest BCUT2D eigenvalue weighted by Gasteiger charge is -2.35. The second-order valence-electron chi connectivity index (χ2n) is 8.05. The van der Waals surface area contributed by atoms with E-state index in [4.69, 9.17) is 16.1 Å². The maximum Gasteiger partial charge on any atom is 0.417 e. The minimum atomic E-state index is -4.54. The molecule has 1 aliphatic heterocycles. The van der Waals surface area contributed by atoms with Crippen molar-refractivity contribution in [3.63, 3.8) is 0 Å². The number of carbonyl (C=O) groups is 1. The summed E-state index contributed by atoms with van der Waals surface area (Å²) < 4.78 is 43.9. The molecule has 1 amide bonds. The van der Waals surface area contributed by atoms with Crippen molar-refractivity contribution in [2.45, 2.75) is 57.7 Å². The number of nitrogens with one attached hydrogen (secondary N) is 1. The number of rotatable bonds is 3. The molecular weight excluding hydrogens is 409 g/mol. The van der Waals surface area contributed by atoms with E-state index in [2.05, 4.69) is 15.5 Å². The molecule has 1 atom stereocenters. The first-order chi connectivity index (χ1) is 13.5. The fourth-order valence-electron chi connectivity index (χ4n) is 3.15. The van der Waals surface area contributed by atoms with Crippen LogP contribution in [0.1, 0.15) is 51.4 Å². The van der Waals surface area contributed by atoms with Crippen molar-refractivity contribution < 1.29 is 22.5 Å². The summed E-state index contributed by atoms with van der Waals surface area (Å²) in [5.74, 6) is 0.740. The predicted octanol–water partition coefficient (Wildman–Crippen LogP) is 5.04. The summed E-state index contributed by atoms with van der Waals surface area (Å²) in [5, 5.41) is 6.46. The van der Waals surface area contributed by atoms with Crippen molar-refractivity contribution in [2.75, 3.05) is 16.8 Å². The molecule has 29 heavy (non-hydrogen) atoms. The lowest BCUT2D eigenvalue weighted by molar-refractivity contribution is -0.137. The van der Waals surface area contributed by atoms with E-state index in [1.54, 1.807) is 11.0 Å². The molecule has 1 aliphatic rings. The highest BCUT2D eigenvalue weighted by atomic mass is 35.5. The Bertz CT molecular complexity index is 892. The van der Waals surface area contributed by atoms with Gasteiger partial charge in [-0.1, -0.05) is 37.5 Å². The molecule has 0 unspecified atom stereocenters. The van der Waals surface area contributed by atoms with Crippen LogP contribution < -0.4 is 10.2 Å². The minimum Gasteiger partial charge on any atom is -0.359 e. The molecule has 1 saturated heterocycles. The lowest BCUT2D eigenvalue weighted by Crippen LogP contribution is -2.47. The van der Waals surface area contributed by atoms with Gasteiger partial charge in [0.2, 0.25) is 5.91 Å². The second-order valence-corrected chi connectivity index (χ2v) is 8.46. The first-order valence-electron chi connectivity index (χ1n) is 9.24. The summed E-state index contributed by atoms with van der Waals surface area (Å²) in [6.07, 6.45) is -1.70. The SMILES string of the molecule is CC(C)(C)c1cc(NC(=O)[C@@H]2CCCCN2c2ncc(C(F)(F)F)cc2Cl)no1. The highest BCUT2D eigenvalue weighted by Crippen LogP contribution is 2.35. The standard InChI is InChI=1S/C19H22ClF3N4O2/c1-18(2,3)14-9-15(26-29-14)25-17(28)13-6-4-5-7-27(13)16-12(20)8-11(10-24-16)19(21,22)23/h8-10,13H,4-7H2,1-3H3,(H,25,26,28)/t13-/m0/s1. The first kappa shape index (κ1) is 21.4. The summed E-state index contributed by atoms with van der Waals surface area (Å²) in [6.45, 7) is 6.34. The zero-order valence-corrected chi connectivity index (χ0v) is 17.1. The molecule has 158 valence electrons. The van der Waals surface area contributed by atoms with E-state index in [0.29, 0.717) is 18.7 Å². The highest BCUT2D eigenvalue weighted by molar-refractivity contribution is 6.33. The summed E-state index contributed by atoms with van der Waals surface area (Å²) in [7, 11) is 0. The number of aromatic nitrogens is 2. The summed E-state index contributed by atoms with van der Waals surface area (Å²) >= 11 is 6.09. The molecule has 2 aromatic rings. The van der Waals surface area contributed by atoms with Gasteiger partial charge in [0.25, 0.3) is 0 Å². The largest absolute Gasteiger partial charge is 0.417 e. The van der Waals surface area contributed by atoms with Gasteiger partial charge in [-0.2, -0.15) is 13.2 Å². The van der Waals surface area contributed by atoms with E-state index in [0.717, 1.165) is 25.1 Å². The van der Waals surface area contributed by atoms with Crippen molar-refractivity contribution in [1.82, 2.24) is 10.1 Å². The molecule has 1 N–H and O–H groups in total. The van der Waals surface area contributed by atoms with E-state index in [-0.39, 0.29) is 28.0 Å². The molecule has 6 nitrogen and oxygen atoms in total. The van der Waals surface area contributed by atoms with E-state index in [1.807, 2.05) is 20.8 Å². The first-order valence-corrected chi connectivity index (χ1v) is 9.62. The molecule has 0 bridgehead atoms. The Kier molecular flexibility index (Phi) is 5.80. The van der Waals surface area contributed by atoms with E-state index >= 15 is 0 Å². The van der Waals surface area contributed by atoms with Gasteiger partial charge in [0, 0.05) is 24.2 Å². The number of hydrogen-bond donors (Lipinski definition) is 1.